The highest BCUT2D eigenvalue weighted by atomic mass is 35.5. The Labute approximate surface area is 128 Å². The number of hydrogen-bond acceptors (Lipinski definition) is 2. The van der Waals surface area contributed by atoms with E-state index in [0.717, 1.165) is 23.6 Å². The first-order valence-electron chi connectivity index (χ1n) is 6.66. The largest absolute Gasteiger partial charge is 0.424 e. The molecule has 0 aromatic heterocycles. The Hall–Kier alpha value is -1.25. The molecule has 0 saturated heterocycles. The van der Waals surface area contributed by atoms with Crippen molar-refractivity contribution in [1.29, 1.82) is 0 Å². The molecule has 0 radical (unpaired) electrons. The molecule has 4 heteroatoms. The summed E-state index contributed by atoms with van der Waals surface area (Å²) < 4.78 is 5.53. The van der Waals surface area contributed by atoms with Crippen LogP contribution in [0.15, 0.2) is 30.3 Å². The van der Waals surface area contributed by atoms with Crippen molar-refractivity contribution in [2.45, 2.75) is 26.7 Å². The molecule has 0 bridgehead atoms. The monoisotopic (exact) mass is 310 g/mol. The van der Waals surface area contributed by atoms with Crippen molar-refractivity contribution in [2.75, 3.05) is 0 Å². The fraction of sp³-hybridized carbons (Fsp3) is 0.312. The van der Waals surface area contributed by atoms with Gasteiger partial charge >= 0.3 is 5.97 Å². The topological polar surface area (TPSA) is 26.3 Å². The van der Waals surface area contributed by atoms with Crippen molar-refractivity contribution in [3.05, 3.63) is 40.4 Å². The number of ether oxygens (including phenoxy) is 1. The first-order chi connectivity index (χ1) is 9.58. The second kappa shape index (κ2) is 6.47. The van der Waals surface area contributed by atoms with E-state index < -0.39 is 0 Å². The van der Waals surface area contributed by atoms with Crippen LogP contribution in [-0.4, -0.2) is 5.97 Å². The molecule has 20 heavy (non-hydrogen) atoms. The highest BCUT2D eigenvalue weighted by Crippen LogP contribution is 2.38. The van der Waals surface area contributed by atoms with E-state index in [2.05, 4.69) is 0 Å². The second-order valence-electron chi connectivity index (χ2n) is 4.65. The van der Waals surface area contributed by atoms with Gasteiger partial charge in [0.1, 0.15) is 0 Å². The Kier molecular flexibility index (Phi) is 4.90. The Morgan fingerprint density at radius 2 is 1.70 bits per heavy atom. The zero-order valence-electron chi connectivity index (χ0n) is 11.5. The Morgan fingerprint density at radius 3 is 2.30 bits per heavy atom. The number of carbonyl (C=O) groups is 1. The summed E-state index contributed by atoms with van der Waals surface area (Å²) in [4.78, 5) is 12.1. The van der Waals surface area contributed by atoms with E-state index in [-0.39, 0.29) is 11.9 Å². The van der Waals surface area contributed by atoms with E-state index in [1.165, 1.54) is 0 Å². The molecule has 0 aliphatic rings. The average molecular weight is 311 g/mol. The van der Waals surface area contributed by atoms with Crippen molar-refractivity contribution in [2.24, 2.45) is 5.92 Å². The third kappa shape index (κ3) is 2.92. The quantitative estimate of drug-likeness (QED) is 0.551. The van der Waals surface area contributed by atoms with Crippen molar-refractivity contribution >= 4 is 39.9 Å². The Morgan fingerprint density at radius 1 is 1.10 bits per heavy atom. The Balaban J connectivity index is 2.47. The minimum absolute atomic E-state index is 0.111. The molecule has 2 aromatic rings. The Bertz CT molecular complexity index is 634. The molecule has 0 unspecified atom stereocenters. The number of benzene rings is 2. The van der Waals surface area contributed by atoms with Gasteiger partial charge < -0.3 is 4.74 Å². The summed E-state index contributed by atoms with van der Waals surface area (Å²) in [5, 5.41) is 2.48. The van der Waals surface area contributed by atoms with Crippen LogP contribution in [-0.2, 0) is 4.79 Å². The van der Waals surface area contributed by atoms with Crippen LogP contribution >= 0.6 is 23.2 Å². The van der Waals surface area contributed by atoms with E-state index in [1.54, 1.807) is 6.07 Å². The minimum Gasteiger partial charge on any atom is -0.424 e. The van der Waals surface area contributed by atoms with Crippen molar-refractivity contribution in [3.8, 4) is 5.75 Å². The SMILES string of the molecule is CCC(CC)C(=O)Oc1c(Cl)cc(Cl)c2ccccc12. The van der Waals surface area contributed by atoms with Crippen LogP contribution in [0.4, 0.5) is 0 Å². The molecular weight excluding hydrogens is 295 g/mol. The molecular formula is C16H16Cl2O2. The molecule has 0 spiro atoms. The second-order valence-corrected chi connectivity index (χ2v) is 5.46. The molecule has 0 fully saturated rings. The van der Waals surface area contributed by atoms with Crippen LogP contribution in [0.25, 0.3) is 10.8 Å². The van der Waals surface area contributed by atoms with Gasteiger partial charge in [-0.3, -0.25) is 4.79 Å². The molecule has 0 amide bonds. The lowest BCUT2D eigenvalue weighted by Gasteiger charge is -2.15. The van der Waals surface area contributed by atoms with Gasteiger partial charge in [0.2, 0.25) is 0 Å². The number of esters is 1. The van der Waals surface area contributed by atoms with Crippen molar-refractivity contribution in [1.82, 2.24) is 0 Å². The molecule has 0 N–H and O–H groups in total. The van der Waals surface area contributed by atoms with E-state index in [1.807, 2.05) is 38.1 Å². The van der Waals surface area contributed by atoms with Gasteiger partial charge in [-0.25, -0.2) is 0 Å². The highest BCUT2D eigenvalue weighted by molar-refractivity contribution is 6.40. The lowest BCUT2D eigenvalue weighted by molar-refractivity contribution is -0.139. The van der Waals surface area contributed by atoms with Gasteiger partial charge in [0, 0.05) is 10.8 Å². The number of halogens is 2. The predicted octanol–water partition coefficient (Wildman–Crippen LogP) is 5.49. The lowest BCUT2D eigenvalue weighted by atomic mass is 10.0. The molecule has 0 aliphatic heterocycles. The minimum atomic E-state index is -0.246. The summed E-state index contributed by atoms with van der Waals surface area (Å²) in [6.45, 7) is 3.94. The van der Waals surface area contributed by atoms with E-state index in [0.29, 0.717) is 15.8 Å². The maximum Gasteiger partial charge on any atom is 0.314 e. The van der Waals surface area contributed by atoms with Crippen LogP contribution in [0.1, 0.15) is 26.7 Å². The third-order valence-corrected chi connectivity index (χ3v) is 4.01. The maximum absolute atomic E-state index is 12.1. The normalized spacial score (nSPS) is 11.1. The summed E-state index contributed by atoms with van der Waals surface area (Å²) in [6.07, 6.45) is 1.50. The smallest absolute Gasteiger partial charge is 0.314 e. The van der Waals surface area contributed by atoms with Gasteiger partial charge in [0.15, 0.2) is 5.75 Å². The average Bonchev–Trinajstić information content (AvgIpc) is 2.45. The molecule has 0 heterocycles. The van der Waals surface area contributed by atoms with Crippen LogP contribution in [0.5, 0.6) is 5.75 Å². The zero-order chi connectivity index (χ0) is 14.7. The summed E-state index contributed by atoms with van der Waals surface area (Å²) in [7, 11) is 0. The van der Waals surface area contributed by atoms with Gasteiger partial charge in [-0.1, -0.05) is 61.3 Å². The van der Waals surface area contributed by atoms with E-state index in [9.17, 15) is 4.79 Å². The van der Waals surface area contributed by atoms with Crippen LogP contribution in [0.2, 0.25) is 10.0 Å². The molecule has 106 valence electrons. The number of rotatable bonds is 4. The van der Waals surface area contributed by atoms with Crippen LogP contribution < -0.4 is 4.74 Å². The molecule has 2 aromatic carbocycles. The fourth-order valence-corrected chi connectivity index (χ4v) is 2.76. The predicted molar refractivity (Wildman–Crippen MR) is 83.7 cm³/mol. The molecule has 0 saturated carbocycles. The first kappa shape index (κ1) is 15.1. The van der Waals surface area contributed by atoms with Crippen LogP contribution in [0.3, 0.4) is 0 Å². The standard InChI is InChI=1S/C16H16Cl2O2/c1-3-10(4-2)16(19)20-15-12-8-6-5-7-11(12)13(17)9-14(15)18/h5-10H,3-4H2,1-2H3. The van der Waals surface area contributed by atoms with Gasteiger partial charge in [-0.05, 0) is 18.9 Å². The van der Waals surface area contributed by atoms with Gasteiger partial charge in [-0.2, -0.15) is 0 Å². The lowest BCUT2D eigenvalue weighted by Crippen LogP contribution is -2.19. The van der Waals surface area contributed by atoms with E-state index >= 15 is 0 Å². The number of fused-ring (bicyclic) bond motifs is 1. The number of carbonyl (C=O) groups excluding carboxylic acids is 1. The van der Waals surface area contributed by atoms with Gasteiger partial charge in [-0.15, -0.1) is 0 Å². The molecule has 2 rings (SSSR count). The highest BCUT2D eigenvalue weighted by Gasteiger charge is 2.20. The summed E-state index contributed by atoms with van der Waals surface area (Å²) in [5.74, 6) is 0.0356. The number of hydrogen-bond donors (Lipinski definition) is 0. The summed E-state index contributed by atoms with van der Waals surface area (Å²) >= 11 is 12.3. The van der Waals surface area contributed by atoms with Gasteiger partial charge in [0.25, 0.3) is 0 Å². The van der Waals surface area contributed by atoms with Gasteiger partial charge in [0.05, 0.1) is 16.0 Å². The summed E-state index contributed by atoms with van der Waals surface area (Å²) in [6, 6.07) is 9.09. The molecule has 2 nitrogen and oxygen atoms in total. The fourth-order valence-electron chi connectivity index (χ4n) is 2.18. The molecule has 0 aliphatic carbocycles. The zero-order valence-corrected chi connectivity index (χ0v) is 13.0. The van der Waals surface area contributed by atoms with E-state index in [4.69, 9.17) is 27.9 Å². The third-order valence-electron chi connectivity index (χ3n) is 3.42. The maximum atomic E-state index is 12.1. The van der Waals surface area contributed by atoms with Crippen molar-refractivity contribution < 1.29 is 9.53 Å². The molecule has 0 atom stereocenters. The van der Waals surface area contributed by atoms with Crippen LogP contribution in [0, 0.1) is 5.92 Å². The van der Waals surface area contributed by atoms with Crippen molar-refractivity contribution in [3.63, 3.8) is 0 Å². The first-order valence-corrected chi connectivity index (χ1v) is 7.42. The summed E-state index contributed by atoms with van der Waals surface area (Å²) in [5.41, 5.74) is 0.